The van der Waals surface area contributed by atoms with Crippen LogP contribution in [0, 0.1) is 6.92 Å². The third-order valence-electron chi connectivity index (χ3n) is 6.82. The van der Waals surface area contributed by atoms with Gasteiger partial charge in [-0.05, 0) is 43.7 Å². The Morgan fingerprint density at radius 3 is 2.57 bits per heavy atom. The predicted octanol–water partition coefficient (Wildman–Crippen LogP) is 5.26. The van der Waals surface area contributed by atoms with Gasteiger partial charge in [0.2, 0.25) is 5.91 Å². The summed E-state index contributed by atoms with van der Waals surface area (Å²) in [5.74, 6) is 0.0480. The highest BCUT2D eigenvalue weighted by Crippen LogP contribution is 2.37. The lowest BCUT2D eigenvalue weighted by molar-refractivity contribution is -0.126. The molecule has 4 aromatic rings. The van der Waals surface area contributed by atoms with Gasteiger partial charge in [-0.3, -0.25) is 19.2 Å². The summed E-state index contributed by atoms with van der Waals surface area (Å²) in [6.45, 7) is 4.02. The number of hydrogen-bond acceptors (Lipinski definition) is 4. The number of carbonyl (C=O) groups excluding carboxylic acids is 2. The van der Waals surface area contributed by atoms with Crippen molar-refractivity contribution in [3.05, 3.63) is 101 Å². The monoisotopic (exact) mass is 514 g/mol. The number of rotatable bonds is 6. The van der Waals surface area contributed by atoms with Gasteiger partial charge in [0.1, 0.15) is 17.0 Å². The minimum atomic E-state index is -1.28. The van der Waals surface area contributed by atoms with Gasteiger partial charge in [0.15, 0.2) is 0 Å². The van der Waals surface area contributed by atoms with E-state index in [0.717, 1.165) is 16.7 Å². The summed E-state index contributed by atoms with van der Waals surface area (Å²) < 4.78 is 7.06. The number of nitrogens with zero attached hydrogens (tertiary/aromatic N) is 3. The van der Waals surface area contributed by atoms with Gasteiger partial charge in [-0.1, -0.05) is 66.2 Å². The second kappa shape index (κ2) is 9.75. The van der Waals surface area contributed by atoms with Crippen LogP contribution in [0.2, 0.25) is 5.02 Å². The van der Waals surface area contributed by atoms with Crippen LogP contribution in [0.25, 0.3) is 11.3 Å². The topological polar surface area (TPSA) is 76.5 Å². The van der Waals surface area contributed by atoms with Crippen molar-refractivity contribution in [1.29, 1.82) is 0 Å². The number of para-hydroxylation sites is 1. The molecule has 1 aromatic heterocycles. The van der Waals surface area contributed by atoms with Crippen LogP contribution in [0.15, 0.2) is 78.9 Å². The molecular weight excluding hydrogens is 488 g/mol. The van der Waals surface area contributed by atoms with E-state index < -0.39 is 5.54 Å². The van der Waals surface area contributed by atoms with Gasteiger partial charge in [-0.15, -0.1) is 0 Å². The summed E-state index contributed by atoms with van der Waals surface area (Å²) in [7, 11) is 1.59. The number of aromatic nitrogens is 2. The van der Waals surface area contributed by atoms with Crippen LogP contribution in [0.3, 0.4) is 0 Å². The van der Waals surface area contributed by atoms with E-state index in [9.17, 15) is 9.59 Å². The molecule has 0 radical (unpaired) electrons. The van der Waals surface area contributed by atoms with Crippen LogP contribution in [0.1, 0.15) is 28.5 Å². The van der Waals surface area contributed by atoms with Crippen molar-refractivity contribution in [3.63, 3.8) is 0 Å². The molecule has 0 saturated heterocycles. The molecule has 2 heterocycles. The number of benzene rings is 3. The van der Waals surface area contributed by atoms with Crippen molar-refractivity contribution in [1.82, 2.24) is 15.1 Å². The largest absolute Gasteiger partial charge is 0.496 e. The summed E-state index contributed by atoms with van der Waals surface area (Å²) in [6, 6.07) is 24.3. The number of anilines is 1. The maximum absolute atomic E-state index is 14.0. The second-order valence-electron chi connectivity index (χ2n) is 9.23. The fraction of sp³-hybridized carbons (Fsp3) is 0.207. The second-order valence-corrected chi connectivity index (χ2v) is 9.64. The van der Waals surface area contributed by atoms with Crippen LogP contribution >= 0.6 is 11.6 Å². The van der Waals surface area contributed by atoms with E-state index >= 15 is 0 Å². The van der Waals surface area contributed by atoms with Crippen molar-refractivity contribution in [2.75, 3.05) is 12.0 Å². The lowest BCUT2D eigenvalue weighted by atomic mass is 9.93. The minimum Gasteiger partial charge on any atom is -0.496 e. The molecule has 1 unspecified atom stereocenters. The lowest BCUT2D eigenvalue weighted by Crippen LogP contribution is -2.64. The van der Waals surface area contributed by atoms with E-state index in [1.54, 1.807) is 41.8 Å². The Morgan fingerprint density at radius 2 is 1.81 bits per heavy atom. The number of ether oxygens (including phenoxy) is 1. The maximum Gasteiger partial charge on any atom is 0.277 e. The summed E-state index contributed by atoms with van der Waals surface area (Å²) in [5, 5.41) is 8.25. The third kappa shape index (κ3) is 4.36. The van der Waals surface area contributed by atoms with Gasteiger partial charge in [-0.2, -0.15) is 5.10 Å². The highest BCUT2D eigenvalue weighted by atomic mass is 35.5. The number of nitrogens with one attached hydrogen (secondary N) is 1. The van der Waals surface area contributed by atoms with Gasteiger partial charge in [0, 0.05) is 28.4 Å². The van der Waals surface area contributed by atoms with Crippen LogP contribution in [-0.4, -0.2) is 34.2 Å². The molecule has 0 aliphatic carbocycles. The number of amides is 2. The van der Waals surface area contributed by atoms with Crippen LogP contribution < -0.4 is 15.0 Å². The van der Waals surface area contributed by atoms with Gasteiger partial charge < -0.3 is 10.1 Å². The van der Waals surface area contributed by atoms with E-state index in [1.807, 2.05) is 67.6 Å². The predicted molar refractivity (Wildman–Crippen MR) is 144 cm³/mol. The molecule has 1 aliphatic rings. The van der Waals surface area contributed by atoms with Crippen molar-refractivity contribution in [3.8, 4) is 17.0 Å². The zero-order valence-electron chi connectivity index (χ0n) is 20.9. The van der Waals surface area contributed by atoms with Crippen molar-refractivity contribution in [2.24, 2.45) is 0 Å². The lowest BCUT2D eigenvalue weighted by Gasteiger charge is -2.43. The highest BCUT2D eigenvalue weighted by Gasteiger charge is 2.49. The van der Waals surface area contributed by atoms with Crippen molar-refractivity contribution < 1.29 is 14.3 Å². The Morgan fingerprint density at radius 1 is 1.08 bits per heavy atom. The number of carbonyl (C=O) groups is 2. The molecule has 2 amide bonds. The molecule has 0 saturated carbocycles. The molecular formula is C29H27ClN4O3. The van der Waals surface area contributed by atoms with Crippen LogP contribution in [-0.2, 0) is 17.9 Å². The Kier molecular flexibility index (Phi) is 6.48. The van der Waals surface area contributed by atoms with E-state index in [0.29, 0.717) is 27.8 Å². The Labute approximate surface area is 220 Å². The zero-order valence-corrected chi connectivity index (χ0v) is 21.6. The zero-order chi connectivity index (χ0) is 26.2. The molecule has 0 fully saturated rings. The first-order chi connectivity index (χ1) is 17.8. The van der Waals surface area contributed by atoms with Crippen LogP contribution in [0.4, 0.5) is 5.69 Å². The van der Waals surface area contributed by atoms with Gasteiger partial charge >= 0.3 is 0 Å². The summed E-state index contributed by atoms with van der Waals surface area (Å²) in [4.78, 5) is 29.5. The highest BCUT2D eigenvalue weighted by molar-refractivity contribution is 6.32. The Balaban J connectivity index is 1.57. The third-order valence-corrected chi connectivity index (χ3v) is 7.23. The average molecular weight is 515 g/mol. The van der Waals surface area contributed by atoms with E-state index in [4.69, 9.17) is 21.4 Å². The normalized spacial score (nSPS) is 16.9. The SMILES string of the molecule is COc1ccccc1CNC(=O)C1(C)Cn2nc(-c3ccccc3)cc2C(=O)N1c1cccc(Cl)c1C. The number of fused-ring (bicyclic) bond motifs is 1. The summed E-state index contributed by atoms with van der Waals surface area (Å²) >= 11 is 6.44. The molecule has 1 atom stereocenters. The number of hydrogen-bond donors (Lipinski definition) is 1. The van der Waals surface area contributed by atoms with Gasteiger partial charge in [0.25, 0.3) is 5.91 Å². The number of methoxy groups -OCH3 is 1. The molecule has 1 N–H and O–H groups in total. The first kappa shape index (κ1) is 24.6. The molecule has 5 rings (SSSR count). The first-order valence-corrected chi connectivity index (χ1v) is 12.3. The maximum atomic E-state index is 14.0. The fourth-order valence-corrected chi connectivity index (χ4v) is 4.93. The smallest absolute Gasteiger partial charge is 0.277 e. The Hall–Kier alpha value is -4.10. The molecule has 3 aromatic carbocycles. The Bertz CT molecular complexity index is 1480. The first-order valence-electron chi connectivity index (χ1n) is 12.0. The molecule has 1 aliphatic heterocycles. The minimum absolute atomic E-state index is 0.171. The van der Waals surface area contributed by atoms with Gasteiger partial charge in [-0.25, -0.2) is 0 Å². The molecule has 8 heteroatoms. The average Bonchev–Trinajstić information content (AvgIpc) is 3.34. The van der Waals surface area contributed by atoms with E-state index in [2.05, 4.69) is 5.32 Å². The molecule has 188 valence electrons. The van der Waals surface area contributed by atoms with Gasteiger partial charge in [0.05, 0.1) is 19.3 Å². The molecule has 0 spiro atoms. The van der Waals surface area contributed by atoms with Crippen molar-refractivity contribution >= 4 is 29.1 Å². The van der Waals surface area contributed by atoms with Crippen LogP contribution in [0.5, 0.6) is 5.75 Å². The van der Waals surface area contributed by atoms with Crippen molar-refractivity contribution in [2.45, 2.75) is 32.5 Å². The fourth-order valence-electron chi connectivity index (χ4n) is 4.76. The molecule has 7 nitrogen and oxygen atoms in total. The quantitative estimate of drug-likeness (QED) is 0.381. The number of halogens is 1. The standard InChI is InChI=1S/C29H27ClN4O3/c1-19-22(30)13-9-14-24(19)34-27(35)25-16-23(20-10-5-4-6-11-20)32-33(25)18-29(34,2)28(36)31-17-21-12-7-8-15-26(21)37-3/h4-16H,17-18H2,1-3H3,(H,31,36). The summed E-state index contributed by atoms with van der Waals surface area (Å²) in [6.07, 6.45) is 0. The molecule has 0 bridgehead atoms. The van der Waals surface area contributed by atoms with E-state index in [1.165, 1.54) is 0 Å². The summed E-state index contributed by atoms with van der Waals surface area (Å²) in [5.41, 5.74) is 2.84. The van der Waals surface area contributed by atoms with E-state index in [-0.39, 0.29) is 24.9 Å². The molecule has 37 heavy (non-hydrogen) atoms.